The van der Waals surface area contributed by atoms with Gasteiger partial charge in [0.1, 0.15) is 4.88 Å². The minimum atomic E-state index is -0.395. The lowest BCUT2D eigenvalue weighted by Gasteiger charge is -1.97. The van der Waals surface area contributed by atoms with Crippen LogP contribution in [0.2, 0.25) is 0 Å². The molecule has 2 aromatic rings. The summed E-state index contributed by atoms with van der Waals surface area (Å²) in [6.07, 6.45) is 3.43. The smallest absolute Gasteiger partial charge is 0.350 e. The number of hydrogen-bond donors (Lipinski definition) is 1. The molecular weight excluding hydrogens is 212 g/mol. The van der Waals surface area contributed by atoms with Gasteiger partial charge in [-0.15, -0.1) is 11.3 Å². The van der Waals surface area contributed by atoms with Gasteiger partial charge < -0.3 is 10.5 Å². The van der Waals surface area contributed by atoms with Crippen molar-refractivity contribution in [1.29, 1.82) is 0 Å². The number of fused-ring (bicyclic) bond motifs is 1. The third-order valence-corrected chi connectivity index (χ3v) is 3.32. The normalized spacial score (nSPS) is 10.5. The molecule has 2 N–H and O–H groups in total. The maximum atomic E-state index is 11.4. The number of aryl methyl sites for hydroxylation is 1. The zero-order chi connectivity index (χ0) is 11.0. The van der Waals surface area contributed by atoms with Crippen LogP contribution in [0.1, 0.15) is 15.2 Å². The van der Waals surface area contributed by atoms with Gasteiger partial charge in [-0.1, -0.05) is 0 Å². The Morgan fingerprint density at radius 2 is 2.27 bits per heavy atom. The fraction of sp³-hybridized carbons (Fsp3) is 0.200. The molecule has 2 aromatic heterocycles. The number of aromatic nitrogens is 1. The highest BCUT2D eigenvalue weighted by Gasteiger charge is 2.17. The molecule has 0 radical (unpaired) electrons. The van der Waals surface area contributed by atoms with Gasteiger partial charge in [-0.25, -0.2) is 4.79 Å². The zero-order valence-corrected chi connectivity index (χ0v) is 9.22. The van der Waals surface area contributed by atoms with E-state index in [1.165, 1.54) is 18.4 Å². The van der Waals surface area contributed by atoms with Gasteiger partial charge in [0.05, 0.1) is 17.5 Å². The van der Waals surface area contributed by atoms with Crippen LogP contribution >= 0.6 is 11.3 Å². The number of pyridine rings is 1. The first-order valence-electron chi connectivity index (χ1n) is 4.36. The summed E-state index contributed by atoms with van der Waals surface area (Å²) in [5, 5.41) is 0.899. The molecule has 0 fully saturated rings. The van der Waals surface area contributed by atoms with Gasteiger partial charge >= 0.3 is 5.97 Å². The number of nitrogen functional groups attached to an aromatic ring is 1. The Kier molecular flexibility index (Phi) is 2.32. The first-order valence-corrected chi connectivity index (χ1v) is 5.17. The molecule has 15 heavy (non-hydrogen) atoms. The SMILES string of the molecule is COC(=O)c1sc2cncc(C)c2c1N. The van der Waals surface area contributed by atoms with Crippen LogP contribution in [-0.2, 0) is 4.74 Å². The van der Waals surface area contributed by atoms with E-state index in [2.05, 4.69) is 9.72 Å². The summed E-state index contributed by atoms with van der Waals surface area (Å²) in [6, 6.07) is 0. The average Bonchev–Trinajstić information content (AvgIpc) is 2.56. The number of carbonyl (C=O) groups excluding carboxylic acids is 1. The first-order chi connectivity index (χ1) is 7.15. The van der Waals surface area contributed by atoms with Crippen LogP contribution in [0, 0.1) is 6.92 Å². The topological polar surface area (TPSA) is 65.2 Å². The van der Waals surface area contributed by atoms with Crippen molar-refractivity contribution >= 4 is 33.1 Å². The van der Waals surface area contributed by atoms with Crippen LogP contribution in [0.25, 0.3) is 10.1 Å². The molecule has 0 unspecified atom stereocenters. The molecule has 0 aliphatic heterocycles. The molecule has 0 bridgehead atoms. The number of carbonyl (C=O) groups is 1. The Hall–Kier alpha value is -1.62. The van der Waals surface area contributed by atoms with Gasteiger partial charge in [0, 0.05) is 17.8 Å². The van der Waals surface area contributed by atoms with Gasteiger partial charge in [0.25, 0.3) is 0 Å². The number of nitrogens with two attached hydrogens (primary N) is 1. The largest absolute Gasteiger partial charge is 0.465 e. The molecule has 4 nitrogen and oxygen atoms in total. The van der Waals surface area contributed by atoms with E-state index in [0.29, 0.717) is 10.6 Å². The number of anilines is 1. The number of esters is 1. The number of rotatable bonds is 1. The maximum absolute atomic E-state index is 11.4. The second-order valence-corrected chi connectivity index (χ2v) is 4.22. The van der Waals surface area contributed by atoms with E-state index in [1.54, 1.807) is 12.4 Å². The molecule has 0 saturated heterocycles. The molecule has 0 amide bonds. The molecular formula is C10H10N2O2S. The lowest BCUT2D eigenvalue weighted by atomic mass is 10.2. The molecule has 5 heteroatoms. The summed E-state index contributed by atoms with van der Waals surface area (Å²) in [7, 11) is 1.34. The number of ether oxygens (including phenoxy) is 1. The highest BCUT2D eigenvalue weighted by Crippen LogP contribution is 2.35. The van der Waals surface area contributed by atoms with Crippen LogP contribution in [0.15, 0.2) is 12.4 Å². The summed E-state index contributed by atoms with van der Waals surface area (Å²) >= 11 is 1.31. The van der Waals surface area contributed by atoms with E-state index < -0.39 is 5.97 Å². The van der Waals surface area contributed by atoms with Crippen LogP contribution < -0.4 is 5.73 Å². The second-order valence-electron chi connectivity index (χ2n) is 3.17. The highest BCUT2D eigenvalue weighted by molar-refractivity contribution is 7.21. The molecule has 0 saturated carbocycles. The number of thiophene rings is 1. The zero-order valence-electron chi connectivity index (χ0n) is 8.40. The highest BCUT2D eigenvalue weighted by atomic mass is 32.1. The molecule has 78 valence electrons. The van der Waals surface area contributed by atoms with Crippen molar-refractivity contribution in [3.63, 3.8) is 0 Å². The van der Waals surface area contributed by atoms with E-state index in [0.717, 1.165) is 15.6 Å². The fourth-order valence-electron chi connectivity index (χ4n) is 1.49. The average molecular weight is 222 g/mol. The molecule has 0 atom stereocenters. The van der Waals surface area contributed by atoms with Gasteiger partial charge in [-0.05, 0) is 12.5 Å². The number of methoxy groups -OCH3 is 1. The van der Waals surface area contributed by atoms with E-state index in [4.69, 9.17) is 5.73 Å². The van der Waals surface area contributed by atoms with Crippen molar-refractivity contribution < 1.29 is 9.53 Å². The quantitative estimate of drug-likeness (QED) is 0.749. The second kappa shape index (κ2) is 3.51. The van der Waals surface area contributed by atoms with Crippen LogP contribution in [0.3, 0.4) is 0 Å². The molecule has 0 spiro atoms. The van der Waals surface area contributed by atoms with Crippen molar-refractivity contribution in [2.24, 2.45) is 0 Å². The van der Waals surface area contributed by atoms with Gasteiger partial charge in [0.2, 0.25) is 0 Å². The molecule has 0 aliphatic rings. The summed E-state index contributed by atoms with van der Waals surface area (Å²) in [6.45, 7) is 1.92. The Balaban J connectivity index is 2.75. The Bertz CT molecular complexity index is 533. The van der Waals surface area contributed by atoms with Crippen molar-refractivity contribution in [2.45, 2.75) is 6.92 Å². The molecule has 2 rings (SSSR count). The van der Waals surface area contributed by atoms with E-state index in [1.807, 2.05) is 6.92 Å². The van der Waals surface area contributed by atoms with Gasteiger partial charge in [-0.2, -0.15) is 0 Å². The van der Waals surface area contributed by atoms with Gasteiger partial charge in [-0.3, -0.25) is 4.98 Å². The van der Waals surface area contributed by atoms with Crippen LogP contribution in [0.5, 0.6) is 0 Å². The van der Waals surface area contributed by atoms with Crippen molar-refractivity contribution in [3.8, 4) is 0 Å². The standard InChI is InChI=1S/C10H10N2O2S/c1-5-3-12-4-6-7(5)8(11)9(15-6)10(13)14-2/h3-4H,11H2,1-2H3. The summed E-state index contributed by atoms with van der Waals surface area (Å²) in [5.74, 6) is -0.395. The van der Waals surface area contributed by atoms with E-state index in [9.17, 15) is 4.79 Å². The summed E-state index contributed by atoms with van der Waals surface area (Å²) in [5.41, 5.74) is 7.35. The van der Waals surface area contributed by atoms with Gasteiger partial charge in [0.15, 0.2) is 0 Å². The summed E-state index contributed by atoms with van der Waals surface area (Å²) < 4.78 is 5.57. The van der Waals surface area contributed by atoms with Crippen LogP contribution in [0.4, 0.5) is 5.69 Å². The minimum Gasteiger partial charge on any atom is -0.465 e. The monoisotopic (exact) mass is 222 g/mol. The summed E-state index contributed by atoms with van der Waals surface area (Å²) in [4.78, 5) is 15.9. The van der Waals surface area contributed by atoms with Crippen molar-refractivity contribution in [2.75, 3.05) is 12.8 Å². The molecule has 2 heterocycles. The number of hydrogen-bond acceptors (Lipinski definition) is 5. The van der Waals surface area contributed by atoms with Crippen molar-refractivity contribution in [1.82, 2.24) is 4.98 Å². The first kappa shape index (κ1) is 9.92. The predicted octanol–water partition coefficient (Wildman–Crippen LogP) is 1.97. The van der Waals surface area contributed by atoms with E-state index in [-0.39, 0.29) is 0 Å². The predicted molar refractivity (Wildman–Crippen MR) is 60.1 cm³/mol. The van der Waals surface area contributed by atoms with Crippen molar-refractivity contribution in [3.05, 3.63) is 22.8 Å². The molecule has 0 aromatic carbocycles. The minimum absolute atomic E-state index is 0.395. The third-order valence-electron chi connectivity index (χ3n) is 2.20. The Morgan fingerprint density at radius 1 is 1.53 bits per heavy atom. The maximum Gasteiger partial charge on any atom is 0.350 e. The number of nitrogens with zero attached hydrogens (tertiary/aromatic N) is 1. The Morgan fingerprint density at radius 3 is 2.87 bits per heavy atom. The lowest BCUT2D eigenvalue weighted by Crippen LogP contribution is -2.01. The van der Waals surface area contributed by atoms with E-state index >= 15 is 0 Å². The lowest BCUT2D eigenvalue weighted by molar-refractivity contribution is 0.0607. The molecule has 0 aliphatic carbocycles. The Labute approximate surface area is 90.7 Å². The third kappa shape index (κ3) is 1.45. The van der Waals surface area contributed by atoms with Crippen LogP contribution in [-0.4, -0.2) is 18.1 Å². The fourth-order valence-corrected chi connectivity index (χ4v) is 2.57.